The maximum atomic E-state index is 4.74. The minimum atomic E-state index is 0.443. The molecule has 3 rings (SSSR count). The number of thioether (sulfide) groups is 1. The Bertz CT molecular complexity index is 667. The highest BCUT2D eigenvalue weighted by molar-refractivity contribution is 9.10. The Labute approximate surface area is 132 Å². The summed E-state index contributed by atoms with van der Waals surface area (Å²) in [6, 6.07) is 13.2. The largest absolute Gasteiger partial charge is 0.335 e. The first kappa shape index (κ1) is 14.0. The fraction of sp³-hybridized carbons (Fsp3) is 0.312. The summed E-state index contributed by atoms with van der Waals surface area (Å²) in [7, 11) is 0. The fourth-order valence-corrected chi connectivity index (χ4v) is 3.78. The number of nitrogens with one attached hydrogen (secondary N) is 1. The van der Waals surface area contributed by atoms with Gasteiger partial charge in [0.25, 0.3) is 0 Å². The molecule has 1 atom stereocenters. The number of hydrogen-bond donors (Lipinski definition) is 1. The fourth-order valence-electron chi connectivity index (χ4n) is 2.22. The van der Waals surface area contributed by atoms with Crippen LogP contribution in [0.3, 0.4) is 0 Å². The smallest absolute Gasteiger partial charge is 0.161 e. The lowest BCUT2D eigenvalue weighted by atomic mass is 10.1. The molecule has 0 saturated carbocycles. The molecule has 104 valence electrons. The van der Waals surface area contributed by atoms with Gasteiger partial charge in [-0.2, -0.15) is 0 Å². The average molecular weight is 349 g/mol. The van der Waals surface area contributed by atoms with Crippen LogP contribution in [0.15, 0.2) is 45.9 Å². The van der Waals surface area contributed by atoms with E-state index in [-0.39, 0.29) is 0 Å². The highest BCUT2D eigenvalue weighted by Crippen LogP contribution is 2.27. The maximum Gasteiger partial charge on any atom is 0.161 e. The number of rotatable bonds is 2. The van der Waals surface area contributed by atoms with Gasteiger partial charge >= 0.3 is 0 Å². The molecule has 20 heavy (non-hydrogen) atoms. The number of fused-ring (bicyclic) bond motifs is 1. The zero-order chi connectivity index (χ0) is 14.1. The monoisotopic (exact) mass is 348 g/mol. The highest BCUT2D eigenvalue weighted by Gasteiger charge is 2.20. The number of amidine groups is 1. The first-order valence-corrected chi connectivity index (χ1v) is 8.56. The molecule has 4 heteroatoms. The molecule has 0 amide bonds. The first-order chi connectivity index (χ1) is 9.61. The Morgan fingerprint density at radius 3 is 2.70 bits per heavy atom. The summed E-state index contributed by atoms with van der Waals surface area (Å²) < 4.78 is 1.11. The summed E-state index contributed by atoms with van der Waals surface area (Å²) in [5.41, 5.74) is 1.11. The predicted octanol–water partition coefficient (Wildman–Crippen LogP) is 5.14. The van der Waals surface area contributed by atoms with Crippen LogP contribution < -0.4 is 5.32 Å². The molecule has 0 aromatic heterocycles. The quantitative estimate of drug-likeness (QED) is 0.812. The number of nitrogens with zero attached hydrogens (tertiary/aromatic N) is 1. The van der Waals surface area contributed by atoms with E-state index in [1.165, 1.54) is 10.8 Å². The zero-order valence-corrected chi connectivity index (χ0v) is 14.0. The summed E-state index contributed by atoms with van der Waals surface area (Å²) in [6.07, 6.45) is 0. The summed E-state index contributed by atoms with van der Waals surface area (Å²) >= 11 is 5.32. The topological polar surface area (TPSA) is 24.4 Å². The van der Waals surface area contributed by atoms with Crippen LogP contribution in [0.5, 0.6) is 0 Å². The van der Waals surface area contributed by atoms with E-state index >= 15 is 0 Å². The SMILES string of the molecule is CC(C)[C@H]1CSC(Nc2ccc3cc(Br)ccc3c2)=N1. The molecule has 0 bridgehead atoms. The van der Waals surface area contributed by atoms with E-state index in [1.807, 2.05) is 11.8 Å². The van der Waals surface area contributed by atoms with Crippen molar-refractivity contribution in [3.8, 4) is 0 Å². The van der Waals surface area contributed by atoms with E-state index in [0.717, 1.165) is 21.1 Å². The highest BCUT2D eigenvalue weighted by atomic mass is 79.9. The van der Waals surface area contributed by atoms with Gasteiger partial charge in [0, 0.05) is 15.9 Å². The van der Waals surface area contributed by atoms with Crippen LogP contribution in [0.4, 0.5) is 5.69 Å². The molecule has 0 unspecified atom stereocenters. The summed E-state index contributed by atoms with van der Waals surface area (Å²) in [4.78, 5) is 4.74. The average Bonchev–Trinajstić information content (AvgIpc) is 2.88. The van der Waals surface area contributed by atoms with Crippen LogP contribution in [0.2, 0.25) is 0 Å². The minimum Gasteiger partial charge on any atom is -0.335 e. The maximum absolute atomic E-state index is 4.74. The lowest BCUT2D eigenvalue weighted by Gasteiger charge is -2.08. The predicted molar refractivity (Wildman–Crippen MR) is 93.8 cm³/mol. The van der Waals surface area contributed by atoms with Crippen molar-refractivity contribution < 1.29 is 0 Å². The third kappa shape index (κ3) is 3.01. The number of aliphatic imine (C=N–C) groups is 1. The molecule has 2 aromatic carbocycles. The number of benzene rings is 2. The second-order valence-corrected chi connectivity index (χ2v) is 7.31. The second kappa shape index (κ2) is 5.78. The van der Waals surface area contributed by atoms with Crippen molar-refractivity contribution in [1.29, 1.82) is 0 Å². The Morgan fingerprint density at radius 1 is 1.20 bits per heavy atom. The van der Waals surface area contributed by atoms with E-state index < -0.39 is 0 Å². The van der Waals surface area contributed by atoms with E-state index in [0.29, 0.717) is 12.0 Å². The zero-order valence-electron chi connectivity index (χ0n) is 11.6. The number of anilines is 1. The van der Waals surface area contributed by atoms with Crippen LogP contribution in [-0.4, -0.2) is 17.0 Å². The van der Waals surface area contributed by atoms with Gasteiger partial charge in [0.2, 0.25) is 0 Å². The molecule has 0 saturated heterocycles. The van der Waals surface area contributed by atoms with E-state index in [4.69, 9.17) is 4.99 Å². The Morgan fingerprint density at radius 2 is 1.95 bits per heavy atom. The third-order valence-electron chi connectivity index (χ3n) is 3.50. The van der Waals surface area contributed by atoms with Crippen molar-refractivity contribution in [2.24, 2.45) is 10.9 Å². The Kier molecular flexibility index (Phi) is 4.03. The normalized spacial score (nSPS) is 18.6. The molecule has 0 fully saturated rings. The molecule has 1 aliphatic heterocycles. The summed E-state index contributed by atoms with van der Waals surface area (Å²) in [5, 5.41) is 6.96. The van der Waals surface area contributed by atoms with Crippen LogP contribution >= 0.6 is 27.7 Å². The van der Waals surface area contributed by atoms with Crippen molar-refractivity contribution in [1.82, 2.24) is 0 Å². The number of halogens is 1. The lowest BCUT2D eigenvalue weighted by Crippen LogP contribution is -2.12. The van der Waals surface area contributed by atoms with Crippen molar-refractivity contribution in [3.05, 3.63) is 40.9 Å². The van der Waals surface area contributed by atoms with Gasteiger partial charge in [-0.15, -0.1) is 0 Å². The molecule has 1 aliphatic rings. The van der Waals surface area contributed by atoms with Crippen molar-refractivity contribution in [2.45, 2.75) is 19.9 Å². The number of hydrogen-bond acceptors (Lipinski definition) is 3. The minimum absolute atomic E-state index is 0.443. The van der Waals surface area contributed by atoms with Gasteiger partial charge in [-0.25, -0.2) is 0 Å². The third-order valence-corrected chi connectivity index (χ3v) is 4.98. The molecule has 1 N–H and O–H groups in total. The van der Waals surface area contributed by atoms with Crippen LogP contribution in [0.1, 0.15) is 13.8 Å². The van der Waals surface area contributed by atoms with Gasteiger partial charge < -0.3 is 5.32 Å². The Hall–Kier alpha value is -1.00. The van der Waals surface area contributed by atoms with Gasteiger partial charge in [-0.1, -0.05) is 53.7 Å². The molecule has 1 heterocycles. The van der Waals surface area contributed by atoms with Crippen LogP contribution in [0.25, 0.3) is 10.8 Å². The van der Waals surface area contributed by atoms with E-state index in [2.05, 4.69) is 71.5 Å². The van der Waals surface area contributed by atoms with E-state index in [9.17, 15) is 0 Å². The van der Waals surface area contributed by atoms with Crippen LogP contribution in [0, 0.1) is 5.92 Å². The molecule has 2 nitrogen and oxygen atoms in total. The van der Waals surface area contributed by atoms with Gasteiger partial charge in [0.05, 0.1) is 6.04 Å². The Balaban J connectivity index is 1.81. The molecule has 0 spiro atoms. The van der Waals surface area contributed by atoms with E-state index in [1.54, 1.807) is 0 Å². The molecular weight excluding hydrogens is 332 g/mol. The molecule has 2 aromatic rings. The van der Waals surface area contributed by atoms with Crippen molar-refractivity contribution in [3.63, 3.8) is 0 Å². The lowest BCUT2D eigenvalue weighted by molar-refractivity contribution is 0.543. The van der Waals surface area contributed by atoms with Gasteiger partial charge in [0.15, 0.2) is 5.17 Å². The van der Waals surface area contributed by atoms with Gasteiger partial charge in [0.1, 0.15) is 0 Å². The first-order valence-electron chi connectivity index (χ1n) is 6.79. The second-order valence-electron chi connectivity index (χ2n) is 5.39. The standard InChI is InChI=1S/C16H17BrN2S/c1-10(2)15-9-20-16(19-15)18-14-6-4-11-7-13(17)5-3-12(11)8-14/h3-8,10,15H,9H2,1-2H3,(H,18,19)/t15-/m1/s1. The van der Waals surface area contributed by atoms with Crippen molar-refractivity contribution >= 4 is 49.3 Å². The van der Waals surface area contributed by atoms with Gasteiger partial charge in [-0.3, -0.25) is 4.99 Å². The molecular formula is C16H17BrN2S. The molecule has 0 radical (unpaired) electrons. The van der Waals surface area contributed by atoms with Crippen molar-refractivity contribution in [2.75, 3.05) is 11.1 Å². The van der Waals surface area contributed by atoms with Crippen LogP contribution in [-0.2, 0) is 0 Å². The summed E-state index contributed by atoms with van der Waals surface area (Å²) in [6.45, 7) is 4.46. The summed E-state index contributed by atoms with van der Waals surface area (Å²) in [5.74, 6) is 1.69. The van der Waals surface area contributed by atoms with Gasteiger partial charge in [-0.05, 0) is 41.0 Å². The molecule has 0 aliphatic carbocycles.